The van der Waals surface area contributed by atoms with Crippen LogP contribution in [0.5, 0.6) is 0 Å². The molecule has 2 unspecified atom stereocenters. The first-order valence-electron chi connectivity index (χ1n) is 6.12. The summed E-state index contributed by atoms with van der Waals surface area (Å²) in [6.45, 7) is 4.60. The van der Waals surface area contributed by atoms with Crippen LogP contribution in [-0.4, -0.2) is 35.3 Å². The Morgan fingerprint density at radius 3 is 2.70 bits per heavy atom. The summed E-state index contributed by atoms with van der Waals surface area (Å²) in [6, 6.07) is 0.850. The zero-order valence-electron chi connectivity index (χ0n) is 11.1. The first kappa shape index (κ1) is 14.8. The zero-order chi connectivity index (χ0) is 14.9. The number of halogens is 3. The minimum absolute atomic E-state index is 0.0761. The number of hydrogen-bond donors (Lipinski definition) is 2. The molecule has 0 spiro atoms. The van der Waals surface area contributed by atoms with Gasteiger partial charge in [0, 0.05) is 12.6 Å². The zero-order valence-corrected chi connectivity index (χ0v) is 11.1. The van der Waals surface area contributed by atoms with Gasteiger partial charge in [-0.15, -0.1) is 0 Å². The van der Waals surface area contributed by atoms with Gasteiger partial charge in [-0.1, -0.05) is 0 Å². The van der Waals surface area contributed by atoms with Gasteiger partial charge in [0.05, 0.1) is 18.8 Å². The third kappa shape index (κ3) is 3.10. The number of hydrogen-bond acceptors (Lipinski definition) is 6. The molecule has 0 bridgehead atoms. The molecule has 1 aromatic rings. The number of alkyl halides is 3. The summed E-state index contributed by atoms with van der Waals surface area (Å²) < 4.78 is 43.9. The van der Waals surface area contributed by atoms with Crippen LogP contribution < -0.4 is 16.2 Å². The lowest BCUT2D eigenvalue weighted by Gasteiger charge is -2.37. The van der Waals surface area contributed by atoms with Crippen molar-refractivity contribution in [1.82, 2.24) is 9.97 Å². The van der Waals surface area contributed by atoms with E-state index in [9.17, 15) is 13.2 Å². The minimum atomic E-state index is -4.55. The Morgan fingerprint density at radius 1 is 1.40 bits per heavy atom. The molecule has 20 heavy (non-hydrogen) atoms. The first-order chi connectivity index (χ1) is 9.31. The van der Waals surface area contributed by atoms with Crippen molar-refractivity contribution >= 4 is 11.8 Å². The Hall–Kier alpha value is -1.61. The van der Waals surface area contributed by atoms with Crippen molar-refractivity contribution in [3.05, 3.63) is 11.8 Å². The average Bonchev–Trinajstić information content (AvgIpc) is 2.40. The van der Waals surface area contributed by atoms with Crippen molar-refractivity contribution < 1.29 is 17.9 Å². The van der Waals surface area contributed by atoms with Gasteiger partial charge in [-0.2, -0.15) is 18.2 Å². The molecule has 1 aromatic heterocycles. The van der Waals surface area contributed by atoms with E-state index in [4.69, 9.17) is 10.6 Å². The number of anilines is 2. The van der Waals surface area contributed by atoms with Crippen LogP contribution in [0.25, 0.3) is 0 Å². The van der Waals surface area contributed by atoms with Crippen molar-refractivity contribution in [1.29, 1.82) is 0 Å². The lowest BCUT2D eigenvalue weighted by molar-refractivity contribution is -0.141. The van der Waals surface area contributed by atoms with Gasteiger partial charge in [-0.25, -0.2) is 10.8 Å². The van der Waals surface area contributed by atoms with Crippen LogP contribution in [0, 0.1) is 0 Å². The molecule has 112 valence electrons. The van der Waals surface area contributed by atoms with Crippen LogP contribution in [-0.2, 0) is 10.9 Å². The van der Waals surface area contributed by atoms with E-state index < -0.39 is 11.9 Å². The fourth-order valence-corrected chi connectivity index (χ4v) is 2.01. The number of nitrogens with one attached hydrogen (secondary N) is 1. The summed E-state index contributed by atoms with van der Waals surface area (Å²) in [5.41, 5.74) is 1.04. The number of hydrazine groups is 1. The van der Waals surface area contributed by atoms with Crippen molar-refractivity contribution in [3.8, 4) is 0 Å². The van der Waals surface area contributed by atoms with Gasteiger partial charge >= 0.3 is 6.18 Å². The van der Waals surface area contributed by atoms with Crippen molar-refractivity contribution in [2.24, 2.45) is 5.84 Å². The molecule has 1 fully saturated rings. The van der Waals surface area contributed by atoms with Crippen molar-refractivity contribution in [2.45, 2.75) is 32.2 Å². The highest BCUT2D eigenvalue weighted by atomic mass is 19.4. The largest absolute Gasteiger partial charge is 0.433 e. The number of morpholine rings is 1. The quantitative estimate of drug-likeness (QED) is 0.633. The van der Waals surface area contributed by atoms with Crippen molar-refractivity contribution in [3.63, 3.8) is 0 Å². The Balaban J connectivity index is 2.39. The maximum atomic E-state index is 12.8. The predicted octanol–water partition coefficient (Wildman–Crippen LogP) is 1.39. The van der Waals surface area contributed by atoms with Gasteiger partial charge in [0.1, 0.15) is 5.82 Å². The fourth-order valence-electron chi connectivity index (χ4n) is 2.01. The standard InChI is InChI=1S/C11H16F3N5O/c1-6-5-20-7(2)4-19(6)9-3-8(11(12,13)14)16-10(17-9)18-15/h3,6-7H,4-5,15H2,1-2H3,(H,16,17,18). The summed E-state index contributed by atoms with van der Waals surface area (Å²) in [4.78, 5) is 9.08. The number of nitrogens with zero attached hydrogens (tertiary/aromatic N) is 3. The van der Waals surface area contributed by atoms with Crippen LogP contribution in [0.3, 0.4) is 0 Å². The molecule has 0 aromatic carbocycles. The third-order valence-electron chi connectivity index (χ3n) is 3.03. The number of ether oxygens (including phenoxy) is 1. The number of rotatable bonds is 2. The van der Waals surface area contributed by atoms with Crippen LogP contribution in [0.1, 0.15) is 19.5 Å². The van der Waals surface area contributed by atoms with Gasteiger partial charge in [0.15, 0.2) is 5.69 Å². The summed E-state index contributed by atoms with van der Waals surface area (Å²) >= 11 is 0. The van der Waals surface area contributed by atoms with Gasteiger partial charge in [-0.05, 0) is 13.8 Å². The molecule has 1 saturated heterocycles. The fraction of sp³-hybridized carbons (Fsp3) is 0.636. The molecule has 9 heteroatoms. The van der Waals surface area contributed by atoms with E-state index in [0.29, 0.717) is 13.2 Å². The molecule has 0 aliphatic carbocycles. The van der Waals surface area contributed by atoms with Crippen LogP contribution >= 0.6 is 0 Å². The normalized spacial score (nSPS) is 23.8. The highest BCUT2D eigenvalue weighted by Gasteiger charge is 2.35. The summed E-state index contributed by atoms with van der Waals surface area (Å²) in [5, 5.41) is 0. The van der Waals surface area contributed by atoms with Crippen LogP contribution in [0.4, 0.5) is 24.9 Å². The van der Waals surface area contributed by atoms with E-state index in [0.717, 1.165) is 6.07 Å². The second-order valence-corrected chi connectivity index (χ2v) is 4.72. The first-order valence-corrected chi connectivity index (χ1v) is 6.12. The smallest absolute Gasteiger partial charge is 0.375 e. The Kier molecular flexibility index (Phi) is 4.00. The second-order valence-electron chi connectivity index (χ2n) is 4.72. The lowest BCUT2D eigenvalue weighted by atomic mass is 10.2. The summed E-state index contributed by atoms with van der Waals surface area (Å²) in [5.74, 6) is 5.06. The SMILES string of the molecule is CC1CN(c2cc(C(F)(F)F)nc(NN)n2)C(C)CO1. The minimum Gasteiger partial charge on any atom is -0.375 e. The molecule has 3 N–H and O–H groups in total. The summed E-state index contributed by atoms with van der Waals surface area (Å²) in [7, 11) is 0. The van der Waals surface area contributed by atoms with Crippen LogP contribution in [0.2, 0.25) is 0 Å². The molecule has 0 amide bonds. The molecule has 0 saturated carbocycles. The molecule has 0 radical (unpaired) electrons. The van der Waals surface area contributed by atoms with E-state index >= 15 is 0 Å². The molecule has 2 rings (SSSR count). The number of nitrogen functional groups attached to an aromatic ring is 1. The molecule has 6 nitrogen and oxygen atoms in total. The molecular weight excluding hydrogens is 275 g/mol. The predicted molar refractivity (Wildman–Crippen MR) is 67.1 cm³/mol. The Labute approximate surface area is 114 Å². The number of nitrogens with two attached hydrogens (primary N) is 1. The maximum Gasteiger partial charge on any atom is 0.433 e. The molecule has 2 atom stereocenters. The Morgan fingerprint density at radius 2 is 2.10 bits per heavy atom. The maximum absolute atomic E-state index is 12.8. The molecule has 1 aliphatic heterocycles. The van der Waals surface area contributed by atoms with E-state index in [1.165, 1.54) is 0 Å². The van der Waals surface area contributed by atoms with Gasteiger partial charge < -0.3 is 9.64 Å². The topological polar surface area (TPSA) is 76.3 Å². The van der Waals surface area contributed by atoms with Gasteiger partial charge in [0.2, 0.25) is 5.95 Å². The summed E-state index contributed by atoms with van der Waals surface area (Å²) in [6.07, 6.45) is -4.63. The van der Waals surface area contributed by atoms with E-state index in [1.54, 1.807) is 4.90 Å². The third-order valence-corrected chi connectivity index (χ3v) is 3.03. The average molecular weight is 291 g/mol. The lowest BCUT2D eigenvalue weighted by Crippen LogP contribution is -2.48. The number of aromatic nitrogens is 2. The van der Waals surface area contributed by atoms with E-state index in [1.807, 2.05) is 13.8 Å². The van der Waals surface area contributed by atoms with Gasteiger partial charge in [0.25, 0.3) is 0 Å². The second kappa shape index (κ2) is 5.41. The Bertz CT molecular complexity index is 482. The molecule has 2 heterocycles. The molecule has 1 aliphatic rings. The van der Waals surface area contributed by atoms with E-state index in [-0.39, 0.29) is 23.9 Å². The highest BCUT2D eigenvalue weighted by Crippen LogP contribution is 2.31. The molecular formula is C11H16F3N5O. The monoisotopic (exact) mass is 291 g/mol. The van der Waals surface area contributed by atoms with Gasteiger partial charge in [-0.3, -0.25) is 5.43 Å². The highest BCUT2D eigenvalue weighted by molar-refractivity contribution is 5.46. The van der Waals surface area contributed by atoms with E-state index in [2.05, 4.69) is 15.4 Å². The van der Waals surface area contributed by atoms with Crippen LogP contribution in [0.15, 0.2) is 6.07 Å². The van der Waals surface area contributed by atoms with Crippen molar-refractivity contribution in [2.75, 3.05) is 23.5 Å².